The van der Waals surface area contributed by atoms with Crippen LogP contribution in [0, 0.1) is 5.82 Å². The van der Waals surface area contributed by atoms with Gasteiger partial charge in [0.2, 0.25) is 0 Å². The fourth-order valence-electron chi connectivity index (χ4n) is 2.23. The zero-order chi connectivity index (χ0) is 14.8. The Morgan fingerprint density at radius 1 is 1.29 bits per heavy atom. The zero-order valence-corrected chi connectivity index (χ0v) is 12.1. The van der Waals surface area contributed by atoms with Crippen LogP contribution in [-0.4, -0.2) is 21.8 Å². The van der Waals surface area contributed by atoms with Crippen LogP contribution in [0.5, 0.6) is 0 Å². The third-order valence-corrected chi connectivity index (χ3v) is 3.84. The molecule has 0 N–H and O–H groups in total. The van der Waals surface area contributed by atoms with Crippen molar-refractivity contribution in [2.45, 2.75) is 25.4 Å². The van der Waals surface area contributed by atoms with Crippen LogP contribution in [0.3, 0.4) is 0 Å². The van der Waals surface area contributed by atoms with Crippen molar-refractivity contribution in [3.05, 3.63) is 64.7 Å². The summed E-state index contributed by atoms with van der Waals surface area (Å²) in [6.45, 7) is 0.453. The highest BCUT2D eigenvalue weighted by Crippen LogP contribution is 2.31. The highest BCUT2D eigenvalue weighted by Gasteiger charge is 2.33. The molecular weight excluding hydrogens is 291 g/mol. The number of nitrogens with zero attached hydrogens (tertiary/aromatic N) is 2. The number of hydrogen-bond donors (Lipinski definition) is 0. The summed E-state index contributed by atoms with van der Waals surface area (Å²) in [5.74, 6) is -0.404. The van der Waals surface area contributed by atoms with Crippen molar-refractivity contribution >= 4 is 17.5 Å². The number of carbonyl (C=O) groups is 1. The van der Waals surface area contributed by atoms with Crippen molar-refractivity contribution in [1.29, 1.82) is 0 Å². The number of aromatic nitrogens is 1. The van der Waals surface area contributed by atoms with Gasteiger partial charge in [-0.1, -0.05) is 23.7 Å². The molecule has 0 bridgehead atoms. The van der Waals surface area contributed by atoms with Gasteiger partial charge in [0.05, 0.1) is 10.6 Å². The van der Waals surface area contributed by atoms with E-state index in [-0.39, 0.29) is 17.8 Å². The quantitative estimate of drug-likeness (QED) is 0.863. The molecule has 3 rings (SSSR count). The molecule has 0 radical (unpaired) electrons. The van der Waals surface area contributed by atoms with Gasteiger partial charge in [0.25, 0.3) is 5.91 Å². The van der Waals surface area contributed by atoms with Gasteiger partial charge in [-0.05, 0) is 36.6 Å². The monoisotopic (exact) mass is 304 g/mol. The van der Waals surface area contributed by atoms with Crippen molar-refractivity contribution in [3.8, 4) is 0 Å². The number of hydrogen-bond acceptors (Lipinski definition) is 2. The lowest BCUT2D eigenvalue weighted by atomic mass is 10.1. The smallest absolute Gasteiger partial charge is 0.257 e. The van der Waals surface area contributed by atoms with Gasteiger partial charge in [-0.3, -0.25) is 9.78 Å². The van der Waals surface area contributed by atoms with Crippen LogP contribution < -0.4 is 0 Å². The van der Waals surface area contributed by atoms with Crippen LogP contribution in [0.25, 0.3) is 0 Å². The van der Waals surface area contributed by atoms with E-state index in [1.807, 2.05) is 0 Å². The van der Waals surface area contributed by atoms with E-state index in [9.17, 15) is 9.18 Å². The molecule has 1 aliphatic carbocycles. The first-order valence-electron chi connectivity index (χ1n) is 6.80. The highest BCUT2D eigenvalue weighted by molar-refractivity contribution is 6.33. The van der Waals surface area contributed by atoms with E-state index in [0.717, 1.165) is 18.4 Å². The molecule has 1 fully saturated rings. The van der Waals surface area contributed by atoms with Crippen LogP contribution in [0.15, 0.2) is 42.7 Å². The summed E-state index contributed by atoms with van der Waals surface area (Å²) in [5, 5.41) is 0.403. The minimum atomic E-state index is -0.279. The van der Waals surface area contributed by atoms with Gasteiger partial charge in [0, 0.05) is 25.0 Å². The van der Waals surface area contributed by atoms with Gasteiger partial charge in [0.15, 0.2) is 0 Å². The molecule has 1 amide bonds. The molecular formula is C16H14ClFN2O. The number of carbonyl (C=O) groups excluding carboxylic acids is 1. The zero-order valence-electron chi connectivity index (χ0n) is 11.3. The maximum Gasteiger partial charge on any atom is 0.257 e. The maximum atomic E-state index is 13.0. The lowest BCUT2D eigenvalue weighted by molar-refractivity contribution is 0.0729. The number of rotatable bonds is 4. The summed E-state index contributed by atoms with van der Waals surface area (Å²) < 4.78 is 13.0. The first-order chi connectivity index (χ1) is 10.1. The molecule has 1 heterocycles. The van der Waals surface area contributed by atoms with Gasteiger partial charge in [-0.25, -0.2) is 4.39 Å². The topological polar surface area (TPSA) is 33.2 Å². The standard InChI is InChI=1S/C16H14ClFN2O/c17-15-7-8-19-9-14(15)16(21)20(13-5-6-13)10-11-1-3-12(18)4-2-11/h1-4,7-9,13H,5-6,10H2. The summed E-state index contributed by atoms with van der Waals surface area (Å²) in [4.78, 5) is 18.4. The van der Waals surface area contributed by atoms with Crippen LogP contribution in [0.2, 0.25) is 5.02 Å². The molecule has 1 aromatic carbocycles. The summed E-state index contributed by atoms with van der Waals surface area (Å²) in [5.41, 5.74) is 1.31. The summed E-state index contributed by atoms with van der Waals surface area (Å²) >= 11 is 6.07. The predicted octanol–water partition coefficient (Wildman–Crippen LogP) is 3.68. The minimum absolute atomic E-state index is 0.125. The van der Waals surface area contributed by atoms with E-state index in [0.29, 0.717) is 17.1 Å². The van der Waals surface area contributed by atoms with Crippen LogP contribution in [0.1, 0.15) is 28.8 Å². The van der Waals surface area contributed by atoms with E-state index in [4.69, 9.17) is 11.6 Å². The number of benzene rings is 1. The maximum absolute atomic E-state index is 13.0. The first-order valence-corrected chi connectivity index (χ1v) is 7.18. The molecule has 3 nitrogen and oxygen atoms in total. The Hall–Kier alpha value is -1.94. The fourth-order valence-corrected chi connectivity index (χ4v) is 2.41. The number of pyridine rings is 1. The lowest BCUT2D eigenvalue weighted by Crippen LogP contribution is -2.32. The second-order valence-electron chi connectivity index (χ2n) is 5.15. The van der Waals surface area contributed by atoms with Crippen LogP contribution in [-0.2, 0) is 6.54 Å². The number of halogens is 2. The fraction of sp³-hybridized carbons (Fsp3) is 0.250. The van der Waals surface area contributed by atoms with Gasteiger partial charge in [-0.2, -0.15) is 0 Å². The van der Waals surface area contributed by atoms with Crippen molar-refractivity contribution in [2.75, 3.05) is 0 Å². The van der Waals surface area contributed by atoms with E-state index >= 15 is 0 Å². The highest BCUT2D eigenvalue weighted by atomic mass is 35.5. The largest absolute Gasteiger partial charge is 0.331 e. The first kappa shape index (κ1) is 14.0. The molecule has 1 aliphatic rings. The summed E-state index contributed by atoms with van der Waals surface area (Å²) in [6.07, 6.45) is 5.03. The second kappa shape index (κ2) is 5.82. The van der Waals surface area contributed by atoms with Crippen molar-refractivity contribution in [2.24, 2.45) is 0 Å². The van der Waals surface area contributed by atoms with Gasteiger partial charge in [0.1, 0.15) is 5.82 Å². The third-order valence-electron chi connectivity index (χ3n) is 3.51. The average Bonchev–Trinajstić information content (AvgIpc) is 3.31. The molecule has 0 spiro atoms. The van der Waals surface area contributed by atoms with Crippen molar-refractivity contribution < 1.29 is 9.18 Å². The molecule has 0 saturated heterocycles. The summed E-state index contributed by atoms with van der Waals surface area (Å²) in [7, 11) is 0. The molecule has 0 atom stereocenters. The Kier molecular flexibility index (Phi) is 3.88. The summed E-state index contributed by atoms with van der Waals surface area (Å²) in [6, 6.07) is 8.05. The SMILES string of the molecule is O=C(c1cnccc1Cl)N(Cc1ccc(F)cc1)C1CC1. The van der Waals surface area contributed by atoms with E-state index < -0.39 is 0 Å². The lowest BCUT2D eigenvalue weighted by Gasteiger charge is -2.23. The Balaban J connectivity index is 1.83. The van der Waals surface area contributed by atoms with Crippen LogP contribution in [0.4, 0.5) is 4.39 Å². The molecule has 21 heavy (non-hydrogen) atoms. The average molecular weight is 305 g/mol. The Morgan fingerprint density at radius 3 is 2.62 bits per heavy atom. The third kappa shape index (κ3) is 3.22. The van der Waals surface area contributed by atoms with Crippen LogP contribution >= 0.6 is 11.6 Å². The van der Waals surface area contributed by atoms with Gasteiger partial charge in [-0.15, -0.1) is 0 Å². The van der Waals surface area contributed by atoms with Crippen molar-refractivity contribution in [1.82, 2.24) is 9.88 Å². The molecule has 0 unspecified atom stereocenters. The number of amides is 1. The van der Waals surface area contributed by atoms with E-state index in [1.165, 1.54) is 18.3 Å². The Labute approximate surface area is 127 Å². The van der Waals surface area contributed by atoms with Gasteiger partial charge < -0.3 is 4.90 Å². The molecule has 0 aliphatic heterocycles. The Morgan fingerprint density at radius 2 is 2.00 bits per heavy atom. The second-order valence-corrected chi connectivity index (χ2v) is 5.55. The normalized spacial score (nSPS) is 14.0. The van der Waals surface area contributed by atoms with E-state index in [1.54, 1.807) is 29.3 Å². The Bertz CT molecular complexity index is 656. The van der Waals surface area contributed by atoms with Gasteiger partial charge >= 0.3 is 0 Å². The molecule has 5 heteroatoms. The molecule has 2 aromatic rings. The molecule has 1 saturated carbocycles. The van der Waals surface area contributed by atoms with E-state index in [2.05, 4.69) is 4.98 Å². The molecule has 108 valence electrons. The van der Waals surface area contributed by atoms with Crippen molar-refractivity contribution in [3.63, 3.8) is 0 Å². The molecule has 1 aromatic heterocycles. The minimum Gasteiger partial charge on any atom is -0.331 e. The predicted molar refractivity (Wildman–Crippen MR) is 78.5 cm³/mol.